The number of hydrogen-bond donors (Lipinski definition) is 3. The predicted molar refractivity (Wildman–Crippen MR) is 101 cm³/mol. The maximum Gasteiger partial charge on any atom is 0.251 e. The van der Waals surface area contributed by atoms with Crippen molar-refractivity contribution < 1.29 is 4.79 Å². The molecule has 24 heavy (non-hydrogen) atoms. The van der Waals surface area contributed by atoms with Crippen LogP contribution in [0.2, 0.25) is 0 Å². The third-order valence-electron chi connectivity index (χ3n) is 3.27. The van der Waals surface area contributed by atoms with Crippen LogP contribution in [0.1, 0.15) is 27.0 Å². The molecule has 1 aromatic heterocycles. The van der Waals surface area contributed by atoms with Gasteiger partial charge in [-0.25, -0.2) is 4.99 Å². The first-order valence-corrected chi connectivity index (χ1v) is 8.91. The Balaban J connectivity index is 1.75. The minimum Gasteiger partial charge on any atom is -0.357 e. The van der Waals surface area contributed by atoms with Crippen LogP contribution in [0.15, 0.2) is 47.5 Å². The molecule has 1 heterocycles. The van der Waals surface area contributed by atoms with Crippen LogP contribution in [-0.4, -0.2) is 31.5 Å². The Labute approximate surface area is 147 Å². The van der Waals surface area contributed by atoms with Crippen molar-refractivity contribution in [2.45, 2.75) is 20.4 Å². The lowest BCUT2D eigenvalue weighted by molar-refractivity contribution is 0.0954. The van der Waals surface area contributed by atoms with Gasteiger partial charge in [-0.1, -0.05) is 18.2 Å². The summed E-state index contributed by atoms with van der Waals surface area (Å²) in [5.41, 5.74) is 0.672. The first-order valence-electron chi connectivity index (χ1n) is 8.09. The lowest BCUT2D eigenvalue weighted by Gasteiger charge is -2.11. The zero-order valence-corrected chi connectivity index (χ0v) is 15.0. The number of aliphatic imine (C=N–C) groups is 1. The summed E-state index contributed by atoms with van der Waals surface area (Å²) in [5, 5.41) is 9.34. The van der Waals surface area contributed by atoms with Gasteiger partial charge in [-0.2, -0.15) is 0 Å². The normalized spacial score (nSPS) is 11.2. The Kier molecular flexibility index (Phi) is 7.29. The number of carbonyl (C=O) groups is 1. The molecule has 1 aromatic carbocycles. The van der Waals surface area contributed by atoms with Crippen LogP contribution in [0.3, 0.4) is 0 Å². The third kappa shape index (κ3) is 6.04. The van der Waals surface area contributed by atoms with E-state index >= 15 is 0 Å². The molecule has 0 saturated carbocycles. The molecule has 1 amide bonds. The number of nitrogens with zero attached hydrogens (tertiary/aromatic N) is 1. The molecule has 5 nitrogen and oxygen atoms in total. The Hall–Kier alpha value is -2.34. The SMILES string of the molecule is CCNC(=NCc1ccc(C)s1)NCCNC(=O)c1ccccc1. The average molecular weight is 344 g/mol. The summed E-state index contributed by atoms with van der Waals surface area (Å²) < 4.78 is 0. The van der Waals surface area contributed by atoms with Gasteiger partial charge in [0.1, 0.15) is 0 Å². The molecule has 2 rings (SSSR count). The summed E-state index contributed by atoms with van der Waals surface area (Å²) in [6.45, 7) is 6.74. The topological polar surface area (TPSA) is 65.5 Å². The van der Waals surface area contributed by atoms with Gasteiger partial charge in [0.15, 0.2) is 5.96 Å². The van der Waals surface area contributed by atoms with E-state index in [1.807, 2.05) is 25.1 Å². The summed E-state index contributed by atoms with van der Waals surface area (Å²) in [6, 6.07) is 13.4. The second-order valence-corrected chi connectivity index (χ2v) is 6.63. The highest BCUT2D eigenvalue weighted by molar-refractivity contribution is 7.11. The van der Waals surface area contributed by atoms with Gasteiger partial charge in [-0.05, 0) is 38.1 Å². The molecule has 0 radical (unpaired) electrons. The number of carbonyl (C=O) groups excluding carboxylic acids is 1. The van der Waals surface area contributed by atoms with Crippen LogP contribution in [0, 0.1) is 6.92 Å². The zero-order valence-electron chi connectivity index (χ0n) is 14.1. The van der Waals surface area contributed by atoms with Gasteiger partial charge in [0.25, 0.3) is 5.91 Å². The summed E-state index contributed by atoms with van der Waals surface area (Å²) in [7, 11) is 0. The molecule has 0 aliphatic carbocycles. The van der Waals surface area contributed by atoms with Crippen LogP contribution in [0.25, 0.3) is 0 Å². The molecule has 0 saturated heterocycles. The number of aryl methyl sites for hydroxylation is 1. The molecule has 0 bridgehead atoms. The summed E-state index contributed by atoms with van der Waals surface area (Å²) in [5.74, 6) is 0.700. The van der Waals surface area contributed by atoms with E-state index in [1.165, 1.54) is 9.75 Å². The summed E-state index contributed by atoms with van der Waals surface area (Å²) >= 11 is 1.76. The molecule has 3 N–H and O–H groups in total. The van der Waals surface area contributed by atoms with Crippen molar-refractivity contribution in [3.8, 4) is 0 Å². The Bertz CT molecular complexity index is 667. The van der Waals surface area contributed by atoms with Crippen LogP contribution < -0.4 is 16.0 Å². The number of rotatable bonds is 7. The van der Waals surface area contributed by atoms with E-state index in [0.29, 0.717) is 25.2 Å². The Morgan fingerprint density at radius 3 is 2.46 bits per heavy atom. The highest BCUT2D eigenvalue weighted by Gasteiger charge is 2.03. The van der Waals surface area contributed by atoms with E-state index in [0.717, 1.165) is 12.5 Å². The molecule has 6 heteroatoms. The third-order valence-corrected chi connectivity index (χ3v) is 4.26. The average Bonchev–Trinajstić information content (AvgIpc) is 3.02. The molecular weight excluding hydrogens is 320 g/mol. The number of benzene rings is 1. The van der Waals surface area contributed by atoms with Crippen LogP contribution in [-0.2, 0) is 6.54 Å². The number of thiophene rings is 1. The van der Waals surface area contributed by atoms with Crippen molar-refractivity contribution in [3.63, 3.8) is 0 Å². The molecule has 0 aliphatic rings. The van der Waals surface area contributed by atoms with E-state index in [9.17, 15) is 4.79 Å². The van der Waals surface area contributed by atoms with E-state index in [-0.39, 0.29) is 5.91 Å². The first kappa shape index (κ1) is 18.0. The largest absolute Gasteiger partial charge is 0.357 e. The fourth-order valence-corrected chi connectivity index (χ4v) is 2.93. The van der Waals surface area contributed by atoms with Crippen molar-refractivity contribution in [2.24, 2.45) is 4.99 Å². The molecular formula is C18H24N4OS. The molecule has 2 aromatic rings. The Morgan fingerprint density at radius 1 is 1.04 bits per heavy atom. The highest BCUT2D eigenvalue weighted by Crippen LogP contribution is 2.15. The fourth-order valence-electron chi connectivity index (χ4n) is 2.12. The fraction of sp³-hybridized carbons (Fsp3) is 0.333. The van der Waals surface area contributed by atoms with Gasteiger partial charge in [0.05, 0.1) is 6.54 Å². The van der Waals surface area contributed by atoms with Crippen LogP contribution in [0.5, 0.6) is 0 Å². The van der Waals surface area contributed by atoms with E-state index in [2.05, 4.69) is 40.0 Å². The second-order valence-electron chi connectivity index (χ2n) is 5.26. The van der Waals surface area contributed by atoms with Crippen molar-refractivity contribution in [2.75, 3.05) is 19.6 Å². The quantitative estimate of drug-likeness (QED) is 0.411. The molecule has 0 atom stereocenters. The minimum atomic E-state index is -0.0617. The van der Waals surface area contributed by atoms with Gasteiger partial charge in [-0.15, -0.1) is 11.3 Å². The van der Waals surface area contributed by atoms with Crippen LogP contribution in [0.4, 0.5) is 0 Å². The second kappa shape index (κ2) is 9.72. The van der Waals surface area contributed by atoms with Gasteiger partial charge in [0, 0.05) is 35.0 Å². The van der Waals surface area contributed by atoms with Crippen molar-refractivity contribution >= 4 is 23.2 Å². The smallest absolute Gasteiger partial charge is 0.251 e. The van der Waals surface area contributed by atoms with Crippen molar-refractivity contribution in [3.05, 3.63) is 57.8 Å². The maximum absolute atomic E-state index is 11.9. The van der Waals surface area contributed by atoms with Crippen molar-refractivity contribution in [1.82, 2.24) is 16.0 Å². The molecule has 0 fully saturated rings. The standard InChI is InChI=1S/C18H24N4OS/c1-3-19-18(22-13-16-10-9-14(2)24-16)21-12-11-20-17(23)15-7-5-4-6-8-15/h4-10H,3,11-13H2,1-2H3,(H,20,23)(H2,19,21,22). The molecule has 0 unspecified atom stereocenters. The highest BCUT2D eigenvalue weighted by atomic mass is 32.1. The lowest BCUT2D eigenvalue weighted by atomic mass is 10.2. The van der Waals surface area contributed by atoms with Crippen LogP contribution >= 0.6 is 11.3 Å². The molecule has 128 valence electrons. The van der Waals surface area contributed by atoms with Gasteiger partial charge in [-0.3, -0.25) is 4.79 Å². The van der Waals surface area contributed by atoms with Crippen molar-refractivity contribution in [1.29, 1.82) is 0 Å². The van der Waals surface area contributed by atoms with E-state index in [1.54, 1.807) is 23.5 Å². The maximum atomic E-state index is 11.9. The minimum absolute atomic E-state index is 0.0617. The number of guanidine groups is 1. The molecule has 0 spiro atoms. The number of amides is 1. The monoisotopic (exact) mass is 344 g/mol. The Morgan fingerprint density at radius 2 is 1.79 bits per heavy atom. The van der Waals surface area contributed by atoms with Gasteiger partial charge >= 0.3 is 0 Å². The van der Waals surface area contributed by atoms with E-state index in [4.69, 9.17) is 0 Å². The van der Waals surface area contributed by atoms with Gasteiger partial charge in [0.2, 0.25) is 0 Å². The molecule has 0 aliphatic heterocycles. The summed E-state index contributed by atoms with van der Waals surface area (Å²) in [6.07, 6.45) is 0. The van der Waals surface area contributed by atoms with E-state index < -0.39 is 0 Å². The number of hydrogen-bond acceptors (Lipinski definition) is 3. The zero-order chi connectivity index (χ0) is 17.2. The predicted octanol–water partition coefficient (Wildman–Crippen LogP) is 2.54. The van der Waals surface area contributed by atoms with Gasteiger partial charge < -0.3 is 16.0 Å². The summed E-state index contributed by atoms with van der Waals surface area (Å²) in [4.78, 5) is 19.0. The first-order chi connectivity index (χ1) is 11.7. The lowest BCUT2D eigenvalue weighted by Crippen LogP contribution is -2.41. The number of nitrogens with one attached hydrogen (secondary N) is 3.